The van der Waals surface area contributed by atoms with Gasteiger partial charge in [-0.05, 0) is 18.6 Å². The van der Waals surface area contributed by atoms with Crippen molar-refractivity contribution in [2.45, 2.75) is 19.4 Å². The zero-order valence-electron chi connectivity index (χ0n) is 10.3. The normalized spacial score (nSPS) is 14.4. The second-order valence-corrected chi connectivity index (χ2v) is 4.75. The molecule has 4 rings (SSSR count). The van der Waals surface area contributed by atoms with E-state index in [2.05, 4.69) is 21.7 Å². The number of carbonyl (C=O) groups is 1. The molecule has 96 valence electrons. The van der Waals surface area contributed by atoms with Crippen molar-refractivity contribution in [1.82, 2.24) is 9.55 Å². The Kier molecular flexibility index (Phi) is 2.90. The molecule has 19 heavy (non-hydrogen) atoms. The summed E-state index contributed by atoms with van der Waals surface area (Å²) < 4.78 is 2.25. The first-order valence-electron chi connectivity index (χ1n) is 6.25. The molecule has 3 heterocycles. The predicted molar refractivity (Wildman–Crippen MR) is 81.1 cm³/mol. The van der Waals surface area contributed by atoms with E-state index in [1.165, 1.54) is 10.9 Å². The molecule has 2 aromatic heterocycles. The van der Waals surface area contributed by atoms with E-state index in [1.54, 1.807) is 6.20 Å². The molecule has 0 atom stereocenters. The number of carbonyl (C=O) groups excluding carboxylic acids is 1. The van der Waals surface area contributed by atoms with Crippen LogP contribution in [0.5, 0.6) is 0 Å². The molecule has 3 aromatic rings. The summed E-state index contributed by atoms with van der Waals surface area (Å²) in [6.07, 6.45) is 3.24. The van der Waals surface area contributed by atoms with Gasteiger partial charge in [0.05, 0.1) is 5.52 Å². The summed E-state index contributed by atoms with van der Waals surface area (Å²) in [5, 5.41) is 2.36. The topological polar surface area (TPSA) is 34.9 Å². The summed E-state index contributed by atoms with van der Waals surface area (Å²) >= 11 is 0. The van der Waals surface area contributed by atoms with E-state index in [0.717, 1.165) is 23.9 Å². The minimum atomic E-state index is 0. The molecular weight excluding hydrogens is 304 g/mol. The molecule has 0 radical (unpaired) electrons. The van der Waals surface area contributed by atoms with E-state index in [1.807, 2.05) is 18.2 Å². The minimum Gasteiger partial charge on any atom is -0.339 e. The molecule has 0 fully saturated rings. The van der Waals surface area contributed by atoms with Crippen molar-refractivity contribution in [3.05, 3.63) is 42.2 Å². The minimum absolute atomic E-state index is 0. The first kappa shape index (κ1) is 12.4. The highest BCUT2D eigenvalue weighted by Crippen LogP contribution is 2.32. The standard InChI is InChI=1S/C15H12N2O.BrH/c18-13-6-3-9-17-12-5-2-1-4-10(12)11-7-8-16-14(13)15(11)17;/h1-2,4-5,7-8H,3,6,9H2;1H. The lowest BCUT2D eigenvalue weighted by Crippen LogP contribution is -2.00. The van der Waals surface area contributed by atoms with Crippen LogP contribution in [0.3, 0.4) is 0 Å². The first-order chi connectivity index (χ1) is 8.86. The van der Waals surface area contributed by atoms with Crippen molar-refractivity contribution >= 4 is 44.6 Å². The zero-order chi connectivity index (χ0) is 12.1. The van der Waals surface area contributed by atoms with Gasteiger partial charge in [0.25, 0.3) is 0 Å². The molecule has 0 saturated carbocycles. The SMILES string of the molecule is Br.O=C1CCCn2c3ccccc3c3ccnc1c32. The van der Waals surface area contributed by atoms with E-state index in [-0.39, 0.29) is 22.8 Å². The van der Waals surface area contributed by atoms with Crippen LogP contribution in [0.1, 0.15) is 23.3 Å². The average molecular weight is 317 g/mol. The summed E-state index contributed by atoms with van der Waals surface area (Å²) in [5.41, 5.74) is 2.86. The van der Waals surface area contributed by atoms with Crippen LogP contribution in [0.25, 0.3) is 21.8 Å². The number of nitrogens with zero attached hydrogens (tertiary/aromatic N) is 2. The number of rotatable bonds is 0. The zero-order valence-corrected chi connectivity index (χ0v) is 12.0. The number of pyridine rings is 1. The van der Waals surface area contributed by atoms with E-state index in [0.29, 0.717) is 12.1 Å². The lowest BCUT2D eigenvalue weighted by molar-refractivity contribution is 0.0978. The van der Waals surface area contributed by atoms with Gasteiger partial charge < -0.3 is 4.57 Å². The maximum atomic E-state index is 12.1. The van der Waals surface area contributed by atoms with Gasteiger partial charge in [0.15, 0.2) is 5.78 Å². The largest absolute Gasteiger partial charge is 0.339 e. The molecule has 1 aliphatic rings. The molecule has 1 aliphatic heterocycles. The van der Waals surface area contributed by atoms with E-state index in [4.69, 9.17) is 0 Å². The molecule has 0 spiro atoms. The number of hydrogen-bond donors (Lipinski definition) is 0. The fourth-order valence-corrected chi connectivity index (χ4v) is 2.95. The Bertz CT molecular complexity index is 791. The smallest absolute Gasteiger partial charge is 0.183 e. The highest BCUT2D eigenvalue weighted by molar-refractivity contribution is 8.93. The number of aromatic nitrogens is 2. The summed E-state index contributed by atoms with van der Waals surface area (Å²) in [5.74, 6) is 0.169. The van der Waals surface area contributed by atoms with Crippen LogP contribution in [-0.2, 0) is 6.54 Å². The third-order valence-electron chi connectivity index (χ3n) is 3.73. The van der Waals surface area contributed by atoms with Crippen molar-refractivity contribution in [2.24, 2.45) is 0 Å². The number of benzene rings is 1. The summed E-state index contributed by atoms with van der Waals surface area (Å²) in [6.45, 7) is 0.897. The van der Waals surface area contributed by atoms with Gasteiger partial charge in [-0.1, -0.05) is 18.2 Å². The number of aryl methyl sites for hydroxylation is 1. The highest BCUT2D eigenvalue weighted by atomic mass is 79.9. The molecule has 0 N–H and O–H groups in total. The fourth-order valence-electron chi connectivity index (χ4n) is 2.95. The molecule has 0 unspecified atom stereocenters. The molecule has 0 aliphatic carbocycles. The maximum absolute atomic E-state index is 12.1. The lowest BCUT2D eigenvalue weighted by atomic mass is 10.1. The van der Waals surface area contributed by atoms with Gasteiger partial charge in [0.1, 0.15) is 5.69 Å². The van der Waals surface area contributed by atoms with Crippen LogP contribution < -0.4 is 0 Å². The maximum Gasteiger partial charge on any atom is 0.183 e. The number of hydrogen-bond acceptors (Lipinski definition) is 2. The van der Waals surface area contributed by atoms with Gasteiger partial charge in [-0.3, -0.25) is 9.78 Å². The number of para-hydroxylation sites is 1. The van der Waals surface area contributed by atoms with Gasteiger partial charge >= 0.3 is 0 Å². The molecule has 4 heteroatoms. The predicted octanol–water partition coefficient (Wildman–Crippen LogP) is 3.74. The molecule has 3 nitrogen and oxygen atoms in total. The Morgan fingerprint density at radius 3 is 2.84 bits per heavy atom. The molecular formula is C15H13BrN2O. The van der Waals surface area contributed by atoms with Crippen LogP contribution in [0.2, 0.25) is 0 Å². The van der Waals surface area contributed by atoms with Crippen LogP contribution in [0, 0.1) is 0 Å². The number of ketones is 1. The van der Waals surface area contributed by atoms with Gasteiger partial charge in [-0.2, -0.15) is 0 Å². The van der Waals surface area contributed by atoms with E-state index < -0.39 is 0 Å². The quantitative estimate of drug-likeness (QED) is 0.633. The van der Waals surface area contributed by atoms with Crippen molar-refractivity contribution in [3.63, 3.8) is 0 Å². The van der Waals surface area contributed by atoms with Crippen molar-refractivity contribution in [3.8, 4) is 0 Å². The summed E-state index contributed by atoms with van der Waals surface area (Å²) in [4.78, 5) is 16.4. The lowest BCUT2D eigenvalue weighted by Gasteiger charge is -2.03. The molecule has 0 saturated heterocycles. The number of fused-ring (bicyclic) bond motifs is 3. The summed E-state index contributed by atoms with van der Waals surface area (Å²) in [7, 11) is 0. The van der Waals surface area contributed by atoms with Crippen LogP contribution in [-0.4, -0.2) is 15.3 Å². The van der Waals surface area contributed by atoms with Crippen LogP contribution in [0.15, 0.2) is 36.5 Å². The van der Waals surface area contributed by atoms with Gasteiger partial charge in [-0.15, -0.1) is 17.0 Å². The summed E-state index contributed by atoms with van der Waals surface area (Å²) in [6, 6.07) is 10.3. The van der Waals surface area contributed by atoms with Crippen molar-refractivity contribution < 1.29 is 4.79 Å². The fraction of sp³-hybridized carbons (Fsp3) is 0.200. The number of halogens is 1. The van der Waals surface area contributed by atoms with Crippen LogP contribution >= 0.6 is 17.0 Å². The Hall–Kier alpha value is -1.68. The highest BCUT2D eigenvalue weighted by Gasteiger charge is 2.21. The Morgan fingerprint density at radius 1 is 1.11 bits per heavy atom. The first-order valence-corrected chi connectivity index (χ1v) is 6.25. The monoisotopic (exact) mass is 316 g/mol. The van der Waals surface area contributed by atoms with Crippen LogP contribution in [0.4, 0.5) is 0 Å². The van der Waals surface area contributed by atoms with Gasteiger partial charge in [0, 0.05) is 35.5 Å². The second kappa shape index (κ2) is 4.46. The van der Waals surface area contributed by atoms with E-state index in [9.17, 15) is 4.79 Å². The average Bonchev–Trinajstić information content (AvgIpc) is 2.63. The van der Waals surface area contributed by atoms with Crippen molar-refractivity contribution in [1.29, 1.82) is 0 Å². The Labute approximate surface area is 121 Å². The number of Topliss-reactive ketones (excluding diaryl/α,β-unsaturated/α-hetero) is 1. The van der Waals surface area contributed by atoms with Gasteiger partial charge in [0.2, 0.25) is 0 Å². The molecule has 1 aromatic carbocycles. The molecule has 0 bridgehead atoms. The van der Waals surface area contributed by atoms with Crippen molar-refractivity contribution in [2.75, 3.05) is 0 Å². The second-order valence-electron chi connectivity index (χ2n) is 4.75. The molecule has 0 amide bonds. The third-order valence-corrected chi connectivity index (χ3v) is 3.73. The third kappa shape index (κ3) is 1.63. The Balaban J connectivity index is 0.00000110. The van der Waals surface area contributed by atoms with Gasteiger partial charge in [-0.25, -0.2) is 0 Å². The van der Waals surface area contributed by atoms with E-state index >= 15 is 0 Å². The Morgan fingerprint density at radius 2 is 1.95 bits per heavy atom.